The van der Waals surface area contributed by atoms with Crippen LogP contribution in [0.5, 0.6) is 0 Å². The summed E-state index contributed by atoms with van der Waals surface area (Å²) in [5, 5.41) is 9.00. The van der Waals surface area contributed by atoms with Gasteiger partial charge in [-0.1, -0.05) is 0 Å². The number of hydrogen-bond donors (Lipinski definition) is 1. The quantitative estimate of drug-likeness (QED) is 0.805. The van der Waals surface area contributed by atoms with Gasteiger partial charge in [-0.15, -0.1) is 0 Å². The molecule has 0 aromatic carbocycles. The Bertz CT molecular complexity index is 455. The molecule has 0 radical (unpaired) electrons. The molecule has 2 rings (SSSR count). The molecule has 2 heterocycles. The van der Waals surface area contributed by atoms with Crippen molar-refractivity contribution in [1.82, 2.24) is 14.5 Å². The van der Waals surface area contributed by atoms with Crippen LogP contribution >= 0.6 is 0 Å². The fourth-order valence-electron chi connectivity index (χ4n) is 2.23. The van der Waals surface area contributed by atoms with Crippen molar-refractivity contribution in [2.45, 2.75) is 19.4 Å². The van der Waals surface area contributed by atoms with E-state index in [4.69, 9.17) is 5.11 Å². The first-order valence-corrected chi connectivity index (χ1v) is 5.52. The number of rotatable bonds is 2. The summed E-state index contributed by atoms with van der Waals surface area (Å²) in [5.74, 6) is -1.50. The average Bonchev–Trinajstić information content (AvgIpc) is 2.83. The van der Waals surface area contributed by atoms with Gasteiger partial charge in [0.2, 0.25) is 0 Å². The molecule has 6 heteroatoms. The zero-order valence-electron chi connectivity index (χ0n) is 9.83. The lowest BCUT2D eigenvalue weighted by Gasteiger charge is -2.22. The highest BCUT2D eigenvalue weighted by molar-refractivity contribution is 5.93. The summed E-state index contributed by atoms with van der Waals surface area (Å²) >= 11 is 0. The topological polar surface area (TPSA) is 75.4 Å². The van der Waals surface area contributed by atoms with Gasteiger partial charge in [0.05, 0.1) is 12.2 Å². The third kappa shape index (κ3) is 2.02. The van der Waals surface area contributed by atoms with E-state index in [1.165, 1.54) is 0 Å². The first-order chi connectivity index (χ1) is 8.00. The Labute approximate surface area is 98.9 Å². The lowest BCUT2D eigenvalue weighted by molar-refractivity contribution is -0.142. The third-order valence-electron chi connectivity index (χ3n) is 3.26. The standard InChI is InChI=1S/C11H15N3O3/c1-7-8(11(16)17)3-4-14(7)10(15)9-5-13(2)6-12-9/h5-8H,3-4H2,1-2H3,(H,16,17). The Morgan fingerprint density at radius 3 is 2.71 bits per heavy atom. The van der Waals surface area contributed by atoms with Crippen molar-refractivity contribution < 1.29 is 14.7 Å². The SMILES string of the molecule is CC1C(C(=O)O)CCN1C(=O)c1cn(C)cn1. The number of carbonyl (C=O) groups excluding carboxylic acids is 1. The normalized spacial score (nSPS) is 24.0. The van der Waals surface area contributed by atoms with Gasteiger partial charge in [0.25, 0.3) is 5.91 Å². The summed E-state index contributed by atoms with van der Waals surface area (Å²) in [7, 11) is 1.79. The van der Waals surface area contributed by atoms with E-state index in [1.807, 2.05) is 0 Å². The van der Waals surface area contributed by atoms with Crippen LogP contribution in [0.4, 0.5) is 0 Å². The van der Waals surface area contributed by atoms with E-state index in [0.29, 0.717) is 18.7 Å². The van der Waals surface area contributed by atoms with Crippen LogP contribution in [0.25, 0.3) is 0 Å². The van der Waals surface area contributed by atoms with Crippen molar-refractivity contribution in [2.75, 3.05) is 6.54 Å². The molecule has 2 atom stereocenters. The van der Waals surface area contributed by atoms with Gasteiger partial charge in [-0.3, -0.25) is 9.59 Å². The van der Waals surface area contributed by atoms with Crippen molar-refractivity contribution in [2.24, 2.45) is 13.0 Å². The second-order valence-electron chi connectivity index (χ2n) is 4.40. The molecule has 2 unspecified atom stereocenters. The number of carboxylic acid groups (broad SMARTS) is 1. The van der Waals surface area contributed by atoms with Gasteiger partial charge in [-0.2, -0.15) is 0 Å². The van der Waals surface area contributed by atoms with E-state index in [0.717, 1.165) is 0 Å². The van der Waals surface area contributed by atoms with E-state index < -0.39 is 11.9 Å². The number of carboxylic acids is 1. The van der Waals surface area contributed by atoms with Crippen molar-refractivity contribution >= 4 is 11.9 Å². The van der Waals surface area contributed by atoms with Crippen molar-refractivity contribution in [3.8, 4) is 0 Å². The number of aromatic nitrogens is 2. The molecule has 0 spiro atoms. The predicted octanol–water partition coefficient (Wildman–Crippen LogP) is 0.355. The van der Waals surface area contributed by atoms with Crippen molar-refractivity contribution in [3.05, 3.63) is 18.2 Å². The first kappa shape index (κ1) is 11.6. The van der Waals surface area contributed by atoms with Gasteiger partial charge >= 0.3 is 5.97 Å². The van der Waals surface area contributed by atoms with E-state index >= 15 is 0 Å². The highest BCUT2D eigenvalue weighted by Gasteiger charge is 2.38. The number of nitrogens with zero attached hydrogens (tertiary/aromatic N) is 3. The number of aryl methyl sites for hydroxylation is 1. The fraction of sp³-hybridized carbons (Fsp3) is 0.545. The minimum absolute atomic E-state index is 0.193. The zero-order chi connectivity index (χ0) is 12.6. The van der Waals surface area contributed by atoms with Crippen LogP contribution in [0.3, 0.4) is 0 Å². The average molecular weight is 237 g/mol. The molecule has 1 aromatic heterocycles. The number of hydrogen-bond acceptors (Lipinski definition) is 3. The second kappa shape index (κ2) is 4.20. The Hall–Kier alpha value is -1.85. The maximum absolute atomic E-state index is 12.1. The molecule has 0 aliphatic carbocycles. The molecule has 1 N–H and O–H groups in total. The van der Waals surface area contributed by atoms with Crippen LogP contribution in [-0.2, 0) is 11.8 Å². The number of amides is 1. The number of carbonyl (C=O) groups is 2. The zero-order valence-corrected chi connectivity index (χ0v) is 9.83. The minimum Gasteiger partial charge on any atom is -0.481 e. The van der Waals surface area contributed by atoms with Crippen LogP contribution in [-0.4, -0.2) is 44.0 Å². The van der Waals surface area contributed by atoms with Gasteiger partial charge < -0.3 is 14.6 Å². The van der Waals surface area contributed by atoms with Crippen LogP contribution in [0.1, 0.15) is 23.8 Å². The molecule has 17 heavy (non-hydrogen) atoms. The summed E-state index contributed by atoms with van der Waals surface area (Å²) in [6.45, 7) is 2.25. The number of aliphatic carboxylic acids is 1. The molecule has 92 valence electrons. The van der Waals surface area contributed by atoms with Crippen LogP contribution in [0.2, 0.25) is 0 Å². The highest BCUT2D eigenvalue weighted by Crippen LogP contribution is 2.25. The largest absolute Gasteiger partial charge is 0.481 e. The predicted molar refractivity (Wildman–Crippen MR) is 59.4 cm³/mol. The number of likely N-dealkylation sites (tertiary alicyclic amines) is 1. The van der Waals surface area contributed by atoms with Gasteiger partial charge in [0.15, 0.2) is 0 Å². The Morgan fingerprint density at radius 1 is 1.53 bits per heavy atom. The van der Waals surface area contributed by atoms with Gasteiger partial charge in [-0.05, 0) is 13.3 Å². The molecular formula is C11H15N3O3. The molecule has 1 saturated heterocycles. The summed E-state index contributed by atoms with van der Waals surface area (Å²) < 4.78 is 1.70. The Morgan fingerprint density at radius 2 is 2.24 bits per heavy atom. The van der Waals surface area contributed by atoms with E-state index in [1.54, 1.807) is 36.0 Å². The summed E-state index contributed by atoms with van der Waals surface area (Å²) in [4.78, 5) is 28.6. The summed E-state index contributed by atoms with van der Waals surface area (Å²) in [6.07, 6.45) is 3.71. The van der Waals surface area contributed by atoms with E-state index in [2.05, 4.69) is 4.98 Å². The molecular weight excluding hydrogens is 222 g/mol. The van der Waals surface area contributed by atoms with Crippen LogP contribution in [0.15, 0.2) is 12.5 Å². The van der Waals surface area contributed by atoms with Gasteiger partial charge in [0.1, 0.15) is 5.69 Å². The van der Waals surface area contributed by atoms with E-state index in [-0.39, 0.29) is 11.9 Å². The molecule has 1 aromatic rings. The molecule has 1 aliphatic rings. The minimum atomic E-state index is -0.839. The Balaban J connectivity index is 2.14. The smallest absolute Gasteiger partial charge is 0.308 e. The van der Waals surface area contributed by atoms with Gasteiger partial charge in [-0.25, -0.2) is 4.98 Å². The first-order valence-electron chi connectivity index (χ1n) is 5.52. The molecule has 0 saturated carbocycles. The summed E-state index contributed by atoms with van der Waals surface area (Å²) in [6, 6.07) is -0.276. The second-order valence-corrected chi connectivity index (χ2v) is 4.40. The maximum Gasteiger partial charge on any atom is 0.308 e. The monoisotopic (exact) mass is 237 g/mol. The highest BCUT2D eigenvalue weighted by atomic mass is 16.4. The van der Waals surface area contributed by atoms with Crippen molar-refractivity contribution in [1.29, 1.82) is 0 Å². The molecule has 0 bridgehead atoms. The molecule has 1 fully saturated rings. The molecule has 1 amide bonds. The Kier molecular flexibility index (Phi) is 2.87. The lowest BCUT2D eigenvalue weighted by Crippen LogP contribution is -2.37. The maximum atomic E-state index is 12.1. The van der Waals surface area contributed by atoms with Crippen LogP contribution < -0.4 is 0 Å². The van der Waals surface area contributed by atoms with Crippen LogP contribution in [0, 0.1) is 5.92 Å². The van der Waals surface area contributed by atoms with Gasteiger partial charge in [0, 0.05) is 25.8 Å². The lowest BCUT2D eigenvalue weighted by atomic mass is 10.0. The molecule has 6 nitrogen and oxygen atoms in total. The third-order valence-corrected chi connectivity index (χ3v) is 3.26. The van der Waals surface area contributed by atoms with E-state index in [9.17, 15) is 9.59 Å². The fourth-order valence-corrected chi connectivity index (χ4v) is 2.23. The summed E-state index contributed by atoms with van der Waals surface area (Å²) in [5.41, 5.74) is 0.366. The van der Waals surface area contributed by atoms with Crippen molar-refractivity contribution in [3.63, 3.8) is 0 Å². The molecule has 1 aliphatic heterocycles. The number of imidazole rings is 1.